The number of fused-ring (bicyclic) bond motifs is 1. The molecule has 2 aromatic rings. The lowest BCUT2D eigenvalue weighted by Gasteiger charge is -2.31. The minimum atomic E-state index is -3.73. The molecule has 0 saturated carbocycles. The molecule has 1 saturated heterocycles. The first kappa shape index (κ1) is 19.1. The number of carbonyl (C=O) groups is 1. The van der Waals surface area contributed by atoms with Crippen molar-refractivity contribution >= 4 is 21.6 Å². The number of amides is 1. The van der Waals surface area contributed by atoms with Gasteiger partial charge in [-0.15, -0.1) is 0 Å². The molecule has 1 amide bonds. The van der Waals surface area contributed by atoms with Crippen molar-refractivity contribution in [1.29, 1.82) is 0 Å². The second kappa shape index (κ2) is 7.33. The van der Waals surface area contributed by atoms with Gasteiger partial charge in [0.25, 0.3) is 0 Å². The lowest BCUT2D eigenvalue weighted by molar-refractivity contribution is -0.120. The molecule has 1 aromatic carbocycles. The predicted octanol–water partition coefficient (Wildman–Crippen LogP) is 2.82. The summed E-state index contributed by atoms with van der Waals surface area (Å²) in [6, 6.07) is 6.05. The summed E-state index contributed by atoms with van der Waals surface area (Å²) in [5.74, 6) is -0.226. The second-order valence-electron chi connectivity index (χ2n) is 7.68. The Kier molecular flexibility index (Phi) is 5.01. The highest BCUT2D eigenvalue weighted by atomic mass is 32.2. The molecule has 7 nitrogen and oxygen atoms in total. The fourth-order valence-electron chi connectivity index (χ4n) is 4.24. The van der Waals surface area contributed by atoms with Gasteiger partial charge < -0.3 is 9.84 Å². The first-order valence-corrected chi connectivity index (χ1v) is 11.2. The number of nitrogens with one attached hydrogen (secondary N) is 1. The molecule has 1 aliphatic heterocycles. The van der Waals surface area contributed by atoms with Crippen molar-refractivity contribution in [3.63, 3.8) is 0 Å². The minimum Gasteiger partial charge on any atom is -0.360 e. The van der Waals surface area contributed by atoms with E-state index >= 15 is 0 Å². The Hall–Kier alpha value is -2.19. The van der Waals surface area contributed by atoms with E-state index in [1.165, 1.54) is 15.4 Å². The smallest absolute Gasteiger partial charge is 0.248 e. The fourth-order valence-corrected chi connectivity index (χ4v) is 6.06. The van der Waals surface area contributed by atoms with Crippen molar-refractivity contribution in [3.05, 3.63) is 40.8 Å². The Labute approximate surface area is 165 Å². The van der Waals surface area contributed by atoms with Crippen LogP contribution in [0.15, 0.2) is 27.6 Å². The fraction of sp³-hybridized carbons (Fsp3) is 0.500. The summed E-state index contributed by atoms with van der Waals surface area (Å²) in [6.45, 7) is 3.78. The number of hydrogen-bond acceptors (Lipinski definition) is 5. The summed E-state index contributed by atoms with van der Waals surface area (Å²) in [5.41, 5.74) is 3.79. The predicted molar refractivity (Wildman–Crippen MR) is 105 cm³/mol. The highest BCUT2D eigenvalue weighted by Gasteiger charge is 2.36. The summed E-state index contributed by atoms with van der Waals surface area (Å²) in [4.78, 5) is 12.9. The highest BCUT2D eigenvalue weighted by molar-refractivity contribution is 7.89. The highest BCUT2D eigenvalue weighted by Crippen LogP contribution is 2.29. The van der Waals surface area contributed by atoms with E-state index in [0.29, 0.717) is 25.1 Å². The van der Waals surface area contributed by atoms with Crippen molar-refractivity contribution in [1.82, 2.24) is 9.46 Å². The molecule has 1 aliphatic carbocycles. The standard InChI is InChI=1S/C20H25N3O4S/c1-13-19(14(2)27-22-13)28(25,26)23-10-4-7-17(12-23)20(24)21-18-9-8-15-5-3-6-16(15)11-18/h8-9,11,17H,3-7,10,12H2,1-2H3,(H,21,24)/t17-/m1/s1. The first-order valence-electron chi connectivity index (χ1n) is 9.72. The third-order valence-corrected chi connectivity index (χ3v) is 7.80. The number of piperidine rings is 1. The monoisotopic (exact) mass is 403 g/mol. The molecule has 0 spiro atoms. The van der Waals surface area contributed by atoms with Gasteiger partial charge in [-0.05, 0) is 69.2 Å². The number of aromatic nitrogens is 1. The van der Waals surface area contributed by atoms with Crippen LogP contribution in [0.5, 0.6) is 0 Å². The Balaban J connectivity index is 1.48. The molecule has 0 bridgehead atoms. The number of benzene rings is 1. The molecule has 4 rings (SSSR count). The molecule has 1 fully saturated rings. The van der Waals surface area contributed by atoms with E-state index in [1.54, 1.807) is 13.8 Å². The van der Waals surface area contributed by atoms with Crippen molar-refractivity contribution in [2.75, 3.05) is 18.4 Å². The Morgan fingerprint density at radius 2 is 2.00 bits per heavy atom. The van der Waals surface area contributed by atoms with Crippen molar-refractivity contribution in [2.45, 2.75) is 50.8 Å². The molecular weight excluding hydrogens is 378 g/mol. The van der Waals surface area contributed by atoms with E-state index in [0.717, 1.165) is 24.9 Å². The van der Waals surface area contributed by atoms with Crippen LogP contribution in [0.3, 0.4) is 0 Å². The van der Waals surface area contributed by atoms with Crippen molar-refractivity contribution in [2.24, 2.45) is 5.92 Å². The van der Waals surface area contributed by atoms with Crippen LogP contribution in [0.4, 0.5) is 5.69 Å². The molecule has 1 atom stereocenters. The van der Waals surface area contributed by atoms with Crippen LogP contribution < -0.4 is 5.32 Å². The van der Waals surface area contributed by atoms with Crippen molar-refractivity contribution in [3.8, 4) is 0 Å². The number of hydrogen-bond donors (Lipinski definition) is 1. The van der Waals surface area contributed by atoms with Crippen LogP contribution >= 0.6 is 0 Å². The van der Waals surface area contributed by atoms with Gasteiger partial charge in [0.15, 0.2) is 5.76 Å². The van der Waals surface area contributed by atoms with Crippen LogP contribution in [0.2, 0.25) is 0 Å². The topological polar surface area (TPSA) is 92.5 Å². The number of rotatable bonds is 4. The zero-order chi connectivity index (χ0) is 19.9. The Bertz CT molecular complexity index is 993. The average Bonchev–Trinajstić information content (AvgIpc) is 3.27. The lowest BCUT2D eigenvalue weighted by Crippen LogP contribution is -2.43. The van der Waals surface area contributed by atoms with Gasteiger partial charge in [-0.1, -0.05) is 11.2 Å². The van der Waals surface area contributed by atoms with Gasteiger partial charge in [0.1, 0.15) is 10.6 Å². The molecule has 8 heteroatoms. The molecule has 2 heterocycles. The average molecular weight is 404 g/mol. The van der Waals surface area contributed by atoms with E-state index < -0.39 is 10.0 Å². The summed E-state index contributed by atoms with van der Waals surface area (Å²) in [7, 11) is -3.73. The Morgan fingerprint density at radius 1 is 1.21 bits per heavy atom. The molecule has 0 unspecified atom stereocenters. The first-order chi connectivity index (χ1) is 13.4. The van der Waals surface area contributed by atoms with E-state index in [-0.39, 0.29) is 29.0 Å². The molecule has 1 aromatic heterocycles. The summed E-state index contributed by atoms with van der Waals surface area (Å²) >= 11 is 0. The number of carbonyl (C=O) groups excluding carboxylic acids is 1. The molecule has 0 radical (unpaired) electrons. The summed E-state index contributed by atoms with van der Waals surface area (Å²) < 4.78 is 32.5. The summed E-state index contributed by atoms with van der Waals surface area (Å²) in [6.07, 6.45) is 4.62. The quantitative estimate of drug-likeness (QED) is 0.847. The zero-order valence-corrected chi connectivity index (χ0v) is 17.0. The largest absolute Gasteiger partial charge is 0.360 e. The maximum absolute atomic E-state index is 13.0. The van der Waals surface area contributed by atoms with E-state index in [1.807, 2.05) is 12.1 Å². The van der Waals surface area contributed by atoms with Crippen LogP contribution in [-0.4, -0.2) is 36.9 Å². The third kappa shape index (κ3) is 3.46. The second-order valence-corrected chi connectivity index (χ2v) is 9.56. The van der Waals surface area contributed by atoms with E-state index in [9.17, 15) is 13.2 Å². The van der Waals surface area contributed by atoms with E-state index in [4.69, 9.17) is 4.52 Å². The molecule has 2 aliphatic rings. The van der Waals surface area contributed by atoms with Crippen LogP contribution in [0.1, 0.15) is 41.8 Å². The zero-order valence-electron chi connectivity index (χ0n) is 16.2. The molecule has 150 valence electrons. The van der Waals surface area contributed by atoms with Crippen LogP contribution in [0.25, 0.3) is 0 Å². The Morgan fingerprint density at radius 3 is 2.75 bits per heavy atom. The number of sulfonamides is 1. The van der Waals surface area contributed by atoms with Gasteiger partial charge in [0.05, 0.1) is 5.92 Å². The van der Waals surface area contributed by atoms with Crippen LogP contribution in [-0.2, 0) is 27.7 Å². The lowest BCUT2D eigenvalue weighted by atomic mass is 9.98. The third-order valence-electron chi connectivity index (χ3n) is 5.69. The number of nitrogens with zero attached hydrogens (tertiary/aromatic N) is 2. The van der Waals surface area contributed by atoms with Gasteiger partial charge in [-0.3, -0.25) is 4.79 Å². The van der Waals surface area contributed by atoms with Gasteiger partial charge in [-0.2, -0.15) is 4.31 Å². The van der Waals surface area contributed by atoms with Gasteiger partial charge in [0, 0.05) is 18.8 Å². The number of anilines is 1. The normalized spacial score (nSPS) is 20.1. The van der Waals surface area contributed by atoms with Crippen LogP contribution in [0, 0.1) is 19.8 Å². The minimum absolute atomic E-state index is 0.118. The van der Waals surface area contributed by atoms with Gasteiger partial charge >= 0.3 is 0 Å². The maximum Gasteiger partial charge on any atom is 0.248 e. The van der Waals surface area contributed by atoms with Crippen molar-refractivity contribution < 1.29 is 17.7 Å². The molecule has 1 N–H and O–H groups in total. The number of aryl methyl sites for hydroxylation is 4. The van der Waals surface area contributed by atoms with Gasteiger partial charge in [0.2, 0.25) is 15.9 Å². The van der Waals surface area contributed by atoms with E-state index in [2.05, 4.69) is 16.5 Å². The summed E-state index contributed by atoms with van der Waals surface area (Å²) in [5, 5.41) is 6.74. The van der Waals surface area contributed by atoms with Gasteiger partial charge in [-0.25, -0.2) is 8.42 Å². The molecule has 28 heavy (non-hydrogen) atoms. The maximum atomic E-state index is 13.0. The molecular formula is C20H25N3O4S. The SMILES string of the molecule is Cc1noc(C)c1S(=O)(=O)N1CCC[C@@H](C(=O)Nc2ccc3c(c2)CCC3)C1.